The van der Waals surface area contributed by atoms with E-state index in [4.69, 9.17) is 22.1 Å². The Morgan fingerprint density at radius 1 is 1.32 bits per heavy atom. The third-order valence-corrected chi connectivity index (χ3v) is 2.94. The van der Waals surface area contributed by atoms with Crippen molar-refractivity contribution in [1.82, 2.24) is 9.97 Å². The Morgan fingerprint density at radius 2 is 2.16 bits per heavy atom. The zero-order chi connectivity index (χ0) is 13.7. The number of nitrogen functional groups attached to an aromatic ring is 1. The van der Waals surface area contributed by atoms with E-state index in [-0.39, 0.29) is 0 Å². The molecule has 0 fully saturated rings. The first kappa shape index (κ1) is 13.6. The number of nitrogens with two attached hydrogens (primary N) is 1. The summed E-state index contributed by atoms with van der Waals surface area (Å²) < 4.78 is 5.72. The average Bonchev–Trinajstić information content (AvgIpc) is 2.40. The molecular weight excluding hydrogens is 262 g/mol. The van der Waals surface area contributed by atoms with Gasteiger partial charge in [0.1, 0.15) is 18.8 Å². The van der Waals surface area contributed by atoms with Crippen molar-refractivity contribution in [2.45, 2.75) is 26.4 Å². The van der Waals surface area contributed by atoms with Gasteiger partial charge in [0.15, 0.2) is 0 Å². The Hall–Kier alpha value is -1.81. The fourth-order valence-corrected chi connectivity index (χ4v) is 2.01. The molecule has 0 amide bonds. The molecule has 0 aliphatic rings. The Kier molecular flexibility index (Phi) is 4.58. The topological polar surface area (TPSA) is 61.0 Å². The van der Waals surface area contributed by atoms with Crippen molar-refractivity contribution < 1.29 is 4.74 Å². The number of benzene rings is 1. The molecular formula is C14H16ClN3O. The highest BCUT2D eigenvalue weighted by Crippen LogP contribution is 2.22. The van der Waals surface area contributed by atoms with Crippen molar-refractivity contribution in [1.29, 1.82) is 0 Å². The SMILES string of the molecule is CCCc1c(N)ncnc1OCc1cccc(Cl)c1. The lowest BCUT2D eigenvalue weighted by Gasteiger charge is -2.11. The molecule has 100 valence electrons. The lowest BCUT2D eigenvalue weighted by molar-refractivity contribution is 0.290. The number of halogens is 1. The molecule has 0 saturated carbocycles. The highest BCUT2D eigenvalue weighted by atomic mass is 35.5. The second-order valence-electron chi connectivity index (χ2n) is 4.21. The van der Waals surface area contributed by atoms with E-state index in [9.17, 15) is 0 Å². The summed E-state index contributed by atoms with van der Waals surface area (Å²) in [5.41, 5.74) is 7.71. The van der Waals surface area contributed by atoms with E-state index in [1.54, 1.807) is 0 Å². The summed E-state index contributed by atoms with van der Waals surface area (Å²) in [6.07, 6.45) is 3.18. The van der Waals surface area contributed by atoms with Gasteiger partial charge in [0, 0.05) is 5.02 Å². The third kappa shape index (κ3) is 3.58. The molecule has 5 heteroatoms. The van der Waals surface area contributed by atoms with Crippen LogP contribution in [-0.4, -0.2) is 9.97 Å². The van der Waals surface area contributed by atoms with Crippen LogP contribution in [-0.2, 0) is 13.0 Å². The first-order chi connectivity index (χ1) is 9.20. The molecule has 0 aliphatic heterocycles. The monoisotopic (exact) mass is 277 g/mol. The summed E-state index contributed by atoms with van der Waals surface area (Å²) >= 11 is 5.93. The Labute approximate surface area is 117 Å². The number of nitrogens with zero attached hydrogens (tertiary/aromatic N) is 2. The van der Waals surface area contributed by atoms with E-state index >= 15 is 0 Å². The van der Waals surface area contributed by atoms with E-state index in [1.165, 1.54) is 6.33 Å². The zero-order valence-corrected chi connectivity index (χ0v) is 11.5. The van der Waals surface area contributed by atoms with Crippen molar-refractivity contribution in [3.63, 3.8) is 0 Å². The van der Waals surface area contributed by atoms with Crippen LogP contribution in [0.15, 0.2) is 30.6 Å². The number of ether oxygens (including phenoxy) is 1. The minimum atomic E-state index is 0.410. The molecule has 0 spiro atoms. The average molecular weight is 278 g/mol. The smallest absolute Gasteiger partial charge is 0.222 e. The van der Waals surface area contributed by atoms with Gasteiger partial charge < -0.3 is 10.5 Å². The van der Waals surface area contributed by atoms with E-state index in [0.29, 0.717) is 23.3 Å². The van der Waals surface area contributed by atoms with Crippen LogP contribution in [0.25, 0.3) is 0 Å². The number of anilines is 1. The second-order valence-corrected chi connectivity index (χ2v) is 4.65. The Balaban J connectivity index is 2.13. The van der Waals surface area contributed by atoms with Crippen LogP contribution in [0.1, 0.15) is 24.5 Å². The van der Waals surface area contributed by atoms with Crippen molar-refractivity contribution >= 4 is 17.4 Å². The molecule has 1 aromatic carbocycles. The molecule has 19 heavy (non-hydrogen) atoms. The summed E-state index contributed by atoms with van der Waals surface area (Å²) in [5.74, 6) is 1.03. The van der Waals surface area contributed by atoms with Crippen LogP contribution in [0.3, 0.4) is 0 Å². The maximum atomic E-state index is 5.93. The third-order valence-electron chi connectivity index (χ3n) is 2.70. The second kappa shape index (κ2) is 6.38. The number of rotatable bonds is 5. The van der Waals surface area contributed by atoms with Gasteiger partial charge in [0.25, 0.3) is 0 Å². The van der Waals surface area contributed by atoms with Crippen LogP contribution in [0.5, 0.6) is 5.88 Å². The quantitative estimate of drug-likeness (QED) is 0.911. The molecule has 0 saturated heterocycles. The maximum absolute atomic E-state index is 5.93. The van der Waals surface area contributed by atoms with Gasteiger partial charge in [-0.1, -0.05) is 37.1 Å². The predicted molar refractivity (Wildman–Crippen MR) is 76.2 cm³/mol. The molecule has 2 rings (SSSR count). The van der Waals surface area contributed by atoms with Crippen LogP contribution in [0.4, 0.5) is 5.82 Å². The van der Waals surface area contributed by atoms with E-state index in [1.807, 2.05) is 24.3 Å². The van der Waals surface area contributed by atoms with Gasteiger partial charge in [-0.05, 0) is 24.1 Å². The highest BCUT2D eigenvalue weighted by Gasteiger charge is 2.09. The van der Waals surface area contributed by atoms with Crippen LogP contribution >= 0.6 is 11.6 Å². The normalized spacial score (nSPS) is 10.4. The van der Waals surface area contributed by atoms with Gasteiger partial charge >= 0.3 is 0 Å². The van der Waals surface area contributed by atoms with Crippen LogP contribution in [0, 0.1) is 0 Å². The minimum Gasteiger partial charge on any atom is -0.472 e. The molecule has 0 bridgehead atoms. The summed E-state index contributed by atoms with van der Waals surface area (Å²) in [7, 11) is 0. The van der Waals surface area contributed by atoms with E-state index < -0.39 is 0 Å². The van der Waals surface area contributed by atoms with E-state index in [0.717, 1.165) is 24.0 Å². The van der Waals surface area contributed by atoms with Crippen molar-refractivity contribution in [2.24, 2.45) is 0 Å². The number of hydrogen-bond acceptors (Lipinski definition) is 4. The number of aromatic nitrogens is 2. The van der Waals surface area contributed by atoms with Crippen molar-refractivity contribution in [2.75, 3.05) is 5.73 Å². The molecule has 0 aliphatic carbocycles. The van der Waals surface area contributed by atoms with Gasteiger partial charge in [-0.3, -0.25) is 0 Å². The summed E-state index contributed by atoms with van der Waals surface area (Å²) in [6, 6.07) is 7.54. The summed E-state index contributed by atoms with van der Waals surface area (Å²) in [6.45, 7) is 2.49. The molecule has 0 unspecified atom stereocenters. The van der Waals surface area contributed by atoms with Gasteiger partial charge in [-0.25, -0.2) is 9.97 Å². The molecule has 1 heterocycles. The Morgan fingerprint density at radius 3 is 2.89 bits per heavy atom. The first-order valence-corrected chi connectivity index (χ1v) is 6.55. The fourth-order valence-electron chi connectivity index (χ4n) is 1.80. The molecule has 4 nitrogen and oxygen atoms in total. The van der Waals surface area contributed by atoms with Crippen molar-refractivity contribution in [3.05, 3.63) is 46.7 Å². The van der Waals surface area contributed by atoms with Crippen LogP contribution < -0.4 is 10.5 Å². The van der Waals surface area contributed by atoms with Crippen molar-refractivity contribution in [3.8, 4) is 5.88 Å². The maximum Gasteiger partial charge on any atom is 0.222 e. The largest absolute Gasteiger partial charge is 0.472 e. The Bertz CT molecular complexity index is 560. The van der Waals surface area contributed by atoms with E-state index in [2.05, 4.69) is 16.9 Å². The molecule has 0 radical (unpaired) electrons. The highest BCUT2D eigenvalue weighted by molar-refractivity contribution is 6.30. The van der Waals surface area contributed by atoms with Crippen LogP contribution in [0.2, 0.25) is 5.02 Å². The standard InChI is InChI=1S/C14H16ClN3O/c1-2-4-12-13(16)17-9-18-14(12)19-8-10-5-3-6-11(15)7-10/h3,5-7,9H,2,4,8H2,1H3,(H2,16,17,18). The van der Waals surface area contributed by atoms with Gasteiger partial charge in [-0.2, -0.15) is 0 Å². The van der Waals surface area contributed by atoms with Gasteiger partial charge in [0.2, 0.25) is 5.88 Å². The lowest BCUT2D eigenvalue weighted by Crippen LogP contribution is -2.05. The lowest BCUT2D eigenvalue weighted by atomic mass is 10.2. The molecule has 2 N–H and O–H groups in total. The molecule has 2 aromatic rings. The molecule has 1 aromatic heterocycles. The summed E-state index contributed by atoms with van der Waals surface area (Å²) in [4.78, 5) is 8.14. The minimum absolute atomic E-state index is 0.410. The van der Waals surface area contributed by atoms with Gasteiger partial charge in [0.05, 0.1) is 5.56 Å². The zero-order valence-electron chi connectivity index (χ0n) is 10.8. The first-order valence-electron chi connectivity index (χ1n) is 6.17. The fraction of sp³-hybridized carbons (Fsp3) is 0.286. The predicted octanol–water partition coefficient (Wildman–Crippen LogP) is 3.24. The number of hydrogen-bond donors (Lipinski definition) is 1. The van der Waals surface area contributed by atoms with Gasteiger partial charge in [-0.15, -0.1) is 0 Å². The summed E-state index contributed by atoms with van der Waals surface area (Å²) in [5, 5.41) is 0.692. The molecule has 0 atom stereocenters.